The summed E-state index contributed by atoms with van der Waals surface area (Å²) in [5, 5.41) is 11.4. The molecule has 2 N–H and O–H groups in total. The van der Waals surface area contributed by atoms with Crippen LogP contribution < -0.4 is 5.32 Å². The molecule has 0 heterocycles. The normalized spacial score (nSPS) is 11.8. The maximum atomic E-state index is 12.0. The number of methoxy groups -OCH3 is 1. The molecule has 1 atom stereocenters. The van der Waals surface area contributed by atoms with E-state index in [-0.39, 0.29) is 18.7 Å². The molecule has 0 aliphatic carbocycles. The van der Waals surface area contributed by atoms with Crippen molar-refractivity contribution in [3.05, 3.63) is 0 Å². The first kappa shape index (κ1) is 32.4. The predicted molar refractivity (Wildman–Crippen MR) is 139 cm³/mol. The van der Waals surface area contributed by atoms with Crippen LogP contribution in [-0.4, -0.2) is 36.1 Å². The summed E-state index contributed by atoms with van der Waals surface area (Å²) in [6.45, 7) is 2.27. The molecule has 200 valence electrons. The molecule has 0 spiro atoms. The largest absolute Gasteiger partial charge is 0.481 e. The second kappa shape index (κ2) is 24.5. The van der Waals surface area contributed by atoms with Crippen LogP contribution in [0.1, 0.15) is 148 Å². The highest BCUT2D eigenvalue weighted by Crippen LogP contribution is 2.15. The summed E-state index contributed by atoms with van der Waals surface area (Å²) >= 11 is 0. The summed E-state index contributed by atoms with van der Waals surface area (Å²) in [7, 11) is 1.24. The second-order valence-corrected chi connectivity index (χ2v) is 9.69. The molecule has 0 aromatic rings. The first-order chi connectivity index (χ1) is 16.5. The van der Waals surface area contributed by atoms with Crippen molar-refractivity contribution < 1.29 is 24.2 Å². The van der Waals surface area contributed by atoms with Gasteiger partial charge in [0.05, 0.1) is 7.11 Å². The Morgan fingerprint density at radius 2 is 1.03 bits per heavy atom. The van der Waals surface area contributed by atoms with Crippen molar-refractivity contribution in [2.75, 3.05) is 7.11 Å². The van der Waals surface area contributed by atoms with Crippen LogP contribution in [0.4, 0.5) is 0 Å². The number of carbonyl (C=O) groups is 3. The first-order valence-electron chi connectivity index (χ1n) is 14.1. The Labute approximate surface area is 209 Å². The van der Waals surface area contributed by atoms with E-state index < -0.39 is 18.0 Å². The van der Waals surface area contributed by atoms with E-state index in [0.29, 0.717) is 6.42 Å². The Hall–Kier alpha value is -1.59. The molecular weight excluding hydrogens is 430 g/mol. The maximum Gasteiger partial charge on any atom is 0.328 e. The molecule has 0 bridgehead atoms. The van der Waals surface area contributed by atoms with Crippen LogP contribution in [0.3, 0.4) is 0 Å². The van der Waals surface area contributed by atoms with Gasteiger partial charge in [0, 0.05) is 12.8 Å². The van der Waals surface area contributed by atoms with E-state index in [4.69, 9.17) is 5.11 Å². The SMILES string of the molecule is CCCCCCCCCCCCCCCCCCCCCC(=O)N[C@@H](CCC(=O)O)C(=O)OC. The molecule has 0 fully saturated rings. The third kappa shape index (κ3) is 22.2. The van der Waals surface area contributed by atoms with Gasteiger partial charge in [-0.25, -0.2) is 4.79 Å². The lowest BCUT2D eigenvalue weighted by Gasteiger charge is -2.15. The molecule has 6 nitrogen and oxygen atoms in total. The van der Waals surface area contributed by atoms with Crippen molar-refractivity contribution in [2.45, 2.75) is 154 Å². The van der Waals surface area contributed by atoms with E-state index in [2.05, 4.69) is 17.0 Å². The number of carboxylic acid groups (broad SMARTS) is 1. The lowest BCUT2D eigenvalue weighted by molar-refractivity contribution is -0.146. The number of ether oxygens (including phenoxy) is 1. The number of carboxylic acids is 1. The third-order valence-electron chi connectivity index (χ3n) is 6.48. The standard InChI is InChI=1S/C28H53NO5/c1-3-4-5-6-7-8-9-10-11-12-13-14-15-16-17-18-19-20-21-22-26(30)29-25(28(33)34-2)23-24-27(31)32/h25H,3-24H2,1-2H3,(H,29,30)(H,31,32)/t25-/m0/s1. The number of carbonyl (C=O) groups excluding carboxylic acids is 2. The van der Waals surface area contributed by atoms with Crippen LogP contribution in [-0.2, 0) is 19.1 Å². The minimum absolute atomic E-state index is 0.0486. The van der Waals surface area contributed by atoms with Gasteiger partial charge < -0.3 is 15.2 Å². The molecule has 0 rings (SSSR count). The van der Waals surface area contributed by atoms with Gasteiger partial charge in [0.25, 0.3) is 0 Å². The van der Waals surface area contributed by atoms with Crippen molar-refractivity contribution in [3.63, 3.8) is 0 Å². The summed E-state index contributed by atoms with van der Waals surface area (Å²) < 4.78 is 4.64. The minimum atomic E-state index is -0.998. The molecular formula is C28H53NO5. The fraction of sp³-hybridized carbons (Fsp3) is 0.893. The molecule has 0 aromatic heterocycles. The van der Waals surface area contributed by atoms with Crippen molar-refractivity contribution in [3.8, 4) is 0 Å². The molecule has 0 radical (unpaired) electrons. The Bertz CT molecular complexity index is 509. The second-order valence-electron chi connectivity index (χ2n) is 9.69. The van der Waals surface area contributed by atoms with E-state index in [1.807, 2.05) is 0 Å². The van der Waals surface area contributed by atoms with Gasteiger partial charge in [-0.3, -0.25) is 9.59 Å². The van der Waals surface area contributed by atoms with Crippen LogP contribution in [0.15, 0.2) is 0 Å². The maximum absolute atomic E-state index is 12.0. The van der Waals surface area contributed by atoms with Gasteiger partial charge in [-0.1, -0.05) is 122 Å². The number of hydrogen-bond acceptors (Lipinski definition) is 4. The molecule has 0 unspecified atom stereocenters. The lowest BCUT2D eigenvalue weighted by Crippen LogP contribution is -2.41. The summed E-state index contributed by atoms with van der Waals surface area (Å²) in [6, 6.07) is -0.881. The average Bonchev–Trinajstić information content (AvgIpc) is 2.82. The summed E-state index contributed by atoms with van der Waals surface area (Å²) in [5.41, 5.74) is 0. The van der Waals surface area contributed by atoms with Gasteiger partial charge in [0.15, 0.2) is 0 Å². The molecule has 34 heavy (non-hydrogen) atoms. The highest BCUT2D eigenvalue weighted by Gasteiger charge is 2.22. The number of amides is 1. The van der Waals surface area contributed by atoms with E-state index in [1.165, 1.54) is 110 Å². The van der Waals surface area contributed by atoms with Crippen LogP contribution in [0, 0.1) is 0 Å². The quantitative estimate of drug-likeness (QED) is 0.105. The Morgan fingerprint density at radius 3 is 1.38 bits per heavy atom. The van der Waals surface area contributed by atoms with Crippen LogP contribution in [0.25, 0.3) is 0 Å². The van der Waals surface area contributed by atoms with E-state index in [1.54, 1.807) is 0 Å². The smallest absolute Gasteiger partial charge is 0.328 e. The molecule has 0 aliphatic heterocycles. The third-order valence-corrected chi connectivity index (χ3v) is 6.48. The van der Waals surface area contributed by atoms with Gasteiger partial charge >= 0.3 is 11.9 Å². The monoisotopic (exact) mass is 483 g/mol. The van der Waals surface area contributed by atoms with E-state index in [0.717, 1.165) is 19.3 Å². The first-order valence-corrected chi connectivity index (χ1v) is 14.1. The highest BCUT2D eigenvalue weighted by atomic mass is 16.5. The number of rotatable bonds is 25. The minimum Gasteiger partial charge on any atom is -0.481 e. The number of unbranched alkanes of at least 4 members (excludes halogenated alkanes) is 18. The van der Waals surface area contributed by atoms with Gasteiger partial charge in [-0.05, 0) is 12.8 Å². The van der Waals surface area contributed by atoms with Crippen molar-refractivity contribution in [2.24, 2.45) is 0 Å². The van der Waals surface area contributed by atoms with Crippen LogP contribution in [0.5, 0.6) is 0 Å². The average molecular weight is 484 g/mol. The summed E-state index contributed by atoms with van der Waals surface area (Å²) in [4.78, 5) is 34.4. The number of esters is 1. The number of nitrogens with one attached hydrogen (secondary N) is 1. The molecule has 6 heteroatoms. The van der Waals surface area contributed by atoms with Crippen LogP contribution in [0.2, 0.25) is 0 Å². The van der Waals surface area contributed by atoms with Crippen molar-refractivity contribution in [1.29, 1.82) is 0 Å². The molecule has 0 aliphatic rings. The molecule has 0 saturated heterocycles. The Morgan fingerprint density at radius 1 is 0.647 bits per heavy atom. The van der Waals surface area contributed by atoms with Gasteiger partial charge in [0.1, 0.15) is 6.04 Å². The fourth-order valence-electron chi connectivity index (χ4n) is 4.29. The number of hydrogen-bond donors (Lipinski definition) is 2. The van der Waals surface area contributed by atoms with Gasteiger partial charge in [0.2, 0.25) is 5.91 Å². The van der Waals surface area contributed by atoms with Crippen molar-refractivity contribution in [1.82, 2.24) is 5.32 Å². The zero-order valence-electron chi connectivity index (χ0n) is 22.2. The Kier molecular flexibility index (Phi) is 23.4. The lowest BCUT2D eigenvalue weighted by atomic mass is 10.0. The Balaban J connectivity index is 3.44. The predicted octanol–water partition coefficient (Wildman–Crippen LogP) is 7.33. The van der Waals surface area contributed by atoms with E-state index in [9.17, 15) is 14.4 Å². The molecule has 1 amide bonds. The van der Waals surface area contributed by atoms with Crippen LogP contribution >= 0.6 is 0 Å². The zero-order chi connectivity index (χ0) is 25.3. The fourth-order valence-corrected chi connectivity index (χ4v) is 4.29. The highest BCUT2D eigenvalue weighted by molar-refractivity contribution is 5.84. The zero-order valence-corrected chi connectivity index (χ0v) is 22.2. The van der Waals surface area contributed by atoms with Gasteiger partial charge in [-0.2, -0.15) is 0 Å². The van der Waals surface area contributed by atoms with Gasteiger partial charge in [-0.15, -0.1) is 0 Å². The number of aliphatic carboxylic acids is 1. The van der Waals surface area contributed by atoms with E-state index >= 15 is 0 Å². The molecule has 0 aromatic carbocycles. The summed E-state index contributed by atoms with van der Waals surface area (Å²) in [6.07, 6.45) is 25.1. The topological polar surface area (TPSA) is 92.7 Å². The summed E-state index contributed by atoms with van der Waals surface area (Å²) in [5.74, 6) is -1.81. The molecule has 0 saturated carbocycles. The van der Waals surface area contributed by atoms with Crippen molar-refractivity contribution >= 4 is 17.8 Å².